The number of anilines is 1. The summed E-state index contributed by atoms with van der Waals surface area (Å²) in [5, 5.41) is 12.5. The second kappa shape index (κ2) is 5.29. The number of hydrogen-bond acceptors (Lipinski definition) is 4. The average Bonchev–Trinajstić information content (AvgIpc) is 2.98. The van der Waals surface area contributed by atoms with Crippen LogP contribution in [0.3, 0.4) is 0 Å². The zero-order chi connectivity index (χ0) is 15.0. The second-order valence-electron chi connectivity index (χ2n) is 4.99. The predicted molar refractivity (Wildman–Crippen MR) is 80.2 cm³/mol. The van der Waals surface area contributed by atoms with Crippen molar-refractivity contribution in [3.8, 4) is 0 Å². The van der Waals surface area contributed by atoms with E-state index in [1.165, 1.54) is 11.3 Å². The molecule has 0 atom stereocenters. The van der Waals surface area contributed by atoms with Gasteiger partial charge in [-0.1, -0.05) is 6.07 Å². The first-order valence-electron chi connectivity index (χ1n) is 6.68. The van der Waals surface area contributed by atoms with Gasteiger partial charge in [-0.25, -0.2) is 4.79 Å². The average molecular weight is 302 g/mol. The highest BCUT2D eigenvalue weighted by Gasteiger charge is 2.27. The largest absolute Gasteiger partial charge is 0.478 e. The van der Waals surface area contributed by atoms with E-state index in [4.69, 9.17) is 0 Å². The molecule has 2 aromatic rings. The van der Waals surface area contributed by atoms with Gasteiger partial charge >= 0.3 is 5.97 Å². The van der Waals surface area contributed by atoms with Gasteiger partial charge in [0.05, 0.1) is 5.56 Å². The van der Waals surface area contributed by atoms with Crippen LogP contribution in [-0.4, -0.2) is 22.0 Å². The molecule has 0 aromatic carbocycles. The molecule has 3 rings (SSSR count). The minimum atomic E-state index is -0.984. The maximum absolute atomic E-state index is 12.3. The van der Waals surface area contributed by atoms with E-state index in [0.29, 0.717) is 10.7 Å². The highest BCUT2D eigenvalue weighted by atomic mass is 32.1. The molecule has 0 fully saturated rings. The number of carbonyl (C=O) groups excluding carboxylic acids is 1. The Hall–Kier alpha value is -2.21. The first-order valence-corrected chi connectivity index (χ1v) is 7.50. The molecule has 0 bridgehead atoms. The Labute approximate surface area is 125 Å². The Morgan fingerprint density at radius 1 is 1.38 bits per heavy atom. The summed E-state index contributed by atoms with van der Waals surface area (Å²) >= 11 is 1.37. The molecule has 0 aliphatic heterocycles. The van der Waals surface area contributed by atoms with E-state index in [1.807, 2.05) is 0 Å². The molecular formula is C15H14N2O3S. The summed E-state index contributed by atoms with van der Waals surface area (Å²) in [7, 11) is 0. The monoisotopic (exact) mass is 302 g/mol. The van der Waals surface area contributed by atoms with Crippen LogP contribution in [-0.2, 0) is 12.8 Å². The van der Waals surface area contributed by atoms with Crippen molar-refractivity contribution in [2.45, 2.75) is 26.2 Å². The Balaban J connectivity index is 1.94. The number of carboxylic acids is 1. The number of thiophene rings is 1. The molecule has 0 saturated carbocycles. The summed E-state index contributed by atoms with van der Waals surface area (Å²) in [6.45, 7) is 1.80. The molecule has 0 unspecified atom stereocenters. The number of amides is 1. The molecule has 1 amide bonds. The number of aromatic nitrogens is 1. The molecule has 108 valence electrons. The number of fused-ring (bicyclic) bond motifs is 1. The van der Waals surface area contributed by atoms with Crippen molar-refractivity contribution >= 4 is 28.2 Å². The molecule has 2 aromatic heterocycles. The minimum Gasteiger partial charge on any atom is -0.478 e. The smallest absolute Gasteiger partial charge is 0.339 e. The van der Waals surface area contributed by atoms with Gasteiger partial charge in [-0.3, -0.25) is 9.78 Å². The van der Waals surface area contributed by atoms with Crippen LogP contribution < -0.4 is 5.32 Å². The SMILES string of the molecule is Cc1cccnc1C(=O)Nc1sc2c(c1C(=O)O)CCC2. The third-order valence-corrected chi connectivity index (χ3v) is 4.79. The van der Waals surface area contributed by atoms with Crippen LogP contribution in [0, 0.1) is 6.92 Å². The number of carboxylic acid groups (broad SMARTS) is 1. The number of carbonyl (C=O) groups is 2. The van der Waals surface area contributed by atoms with Gasteiger partial charge in [-0.2, -0.15) is 0 Å². The van der Waals surface area contributed by atoms with E-state index in [0.717, 1.165) is 35.3 Å². The van der Waals surface area contributed by atoms with E-state index >= 15 is 0 Å². The van der Waals surface area contributed by atoms with Gasteiger partial charge in [0.1, 0.15) is 10.7 Å². The molecule has 2 N–H and O–H groups in total. The second-order valence-corrected chi connectivity index (χ2v) is 6.09. The Morgan fingerprint density at radius 3 is 2.90 bits per heavy atom. The van der Waals surface area contributed by atoms with E-state index in [2.05, 4.69) is 10.3 Å². The number of nitrogens with one attached hydrogen (secondary N) is 1. The van der Waals surface area contributed by atoms with E-state index in [1.54, 1.807) is 25.3 Å². The topological polar surface area (TPSA) is 79.3 Å². The summed E-state index contributed by atoms with van der Waals surface area (Å²) in [6.07, 6.45) is 4.19. The van der Waals surface area contributed by atoms with Gasteiger partial charge in [0.15, 0.2) is 0 Å². The molecule has 2 heterocycles. The fourth-order valence-corrected chi connectivity index (χ4v) is 3.88. The first-order chi connectivity index (χ1) is 10.1. The molecule has 6 heteroatoms. The third-order valence-electron chi connectivity index (χ3n) is 3.59. The maximum atomic E-state index is 12.3. The summed E-state index contributed by atoms with van der Waals surface area (Å²) in [5.41, 5.74) is 2.20. The van der Waals surface area contributed by atoms with E-state index in [-0.39, 0.29) is 11.5 Å². The number of hydrogen-bond donors (Lipinski definition) is 2. The highest BCUT2D eigenvalue weighted by Crippen LogP contribution is 2.39. The Bertz CT molecular complexity index is 737. The summed E-state index contributed by atoms with van der Waals surface area (Å²) < 4.78 is 0. The summed E-state index contributed by atoms with van der Waals surface area (Å²) in [5.74, 6) is -1.35. The highest BCUT2D eigenvalue weighted by molar-refractivity contribution is 7.17. The number of nitrogens with zero attached hydrogens (tertiary/aromatic N) is 1. The van der Waals surface area contributed by atoms with Crippen molar-refractivity contribution in [1.29, 1.82) is 0 Å². The van der Waals surface area contributed by atoms with Gasteiger partial charge in [-0.05, 0) is 43.4 Å². The fourth-order valence-electron chi connectivity index (χ4n) is 2.60. The fraction of sp³-hybridized carbons (Fsp3) is 0.267. The Kier molecular flexibility index (Phi) is 3.47. The van der Waals surface area contributed by atoms with Gasteiger partial charge in [0.2, 0.25) is 0 Å². The van der Waals surface area contributed by atoms with E-state index in [9.17, 15) is 14.7 Å². The quantitative estimate of drug-likeness (QED) is 0.913. The van der Waals surface area contributed by atoms with Crippen LogP contribution in [0.4, 0.5) is 5.00 Å². The van der Waals surface area contributed by atoms with Crippen LogP contribution in [0.2, 0.25) is 0 Å². The zero-order valence-electron chi connectivity index (χ0n) is 11.5. The van der Waals surface area contributed by atoms with E-state index < -0.39 is 5.97 Å². The van der Waals surface area contributed by atoms with Gasteiger partial charge < -0.3 is 10.4 Å². The van der Waals surface area contributed by atoms with Gasteiger partial charge in [-0.15, -0.1) is 11.3 Å². The van der Waals surface area contributed by atoms with Crippen molar-refractivity contribution in [2.75, 3.05) is 5.32 Å². The molecule has 5 nitrogen and oxygen atoms in total. The maximum Gasteiger partial charge on any atom is 0.339 e. The third kappa shape index (κ3) is 2.42. The van der Waals surface area contributed by atoms with Crippen molar-refractivity contribution in [2.24, 2.45) is 0 Å². The molecule has 21 heavy (non-hydrogen) atoms. The van der Waals surface area contributed by atoms with Crippen LogP contribution in [0.25, 0.3) is 0 Å². The first kappa shape index (κ1) is 13.8. The lowest BCUT2D eigenvalue weighted by Crippen LogP contribution is -2.16. The molecule has 1 aliphatic carbocycles. The number of rotatable bonds is 3. The van der Waals surface area contributed by atoms with Crippen LogP contribution >= 0.6 is 11.3 Å². The molecule has 0 spiro atoms. The number of aromatic carboxylic acids is 1. The zero-order valence-corrected chi connectivity index (χ0v) is 12.3. The lowest BCUT2D eigenvalue weighted by molar-refractivity contribution is 0.0697. The van der Waals surface area contributed by atoms with Crippen LogP contribution in [0.1, 0.15) is 43.3 Å². The molecule has 1 aliphatic rings. The number of aryl methyl sites for hydroxylation is 2. The van der Waals surface area contributed by atoms with Crippen molar-refractivity contribution in [1.82, 2.24) is 4.98 Å². The standard InChI is InChI=1S/C15H14N2O3S/c1-8-4-3-7-16-12(8)13(18)17-14-11(15(19)20)9-5-2-6-10(9)21-14/h3-4,7H,2,5-6H2,1H3,(H,17,18)(H,19,20). The van der Waals surface area contributed by atoms with Crippen molar-refractivity contribution < 1.29 is 14.7 Å². The van der Waals surface area contributed by atoms with Gasteiger partial charge in [0, 0.05) is 11.1 Å². The van der Waals surface area contributed by atoms with Crippen LogP contribution in [0.15, 0.2) is 18.3 Å². The lowest BCUT2D eigenvalue weighted by atomic mass is 10.1. The van der Waals surface area contributed by atoms with Gasteiger partial charge in [0.25, 0.3) is 5.91 Å². The Morgan fingerprint density at radius 2 is 2.19 bits per heavy atom. The summed E-state index contributed by atoms with van der Waals surface area (Å²) in [4.78, 5) is 28.9. The predicted octanol–water partition coefficient (Wildman–Crippen LogP) is 2.89. The molecular weight excluding hydrogens is 288 g/mol. The van der Waals surface area contributed by atoms with Crippen molar-refractivity contribution in [3.63, 3.8) is 0 Å². The minimum absolute atomic E-state index is 0.245. The normalized spacial score (nSPS) is 13.0. The summed E-state index contributed by atoms with van der Waals surface area (Å²) in [6, 6.07) is 3.56. The lowest BCUT2D eigenvalue weighted by Gasteiger charge is -2.06. The van der Waals surface area contributed by atoms with Crippen molar-refractivity contribution in [3.05, 3.63) is 45.6 Å². The van der Waals surface area contributed by atoms with Crippen LogP contribution in [0.5, 0.6) is 0 Å². The molecule has 0 saturated heterocycles. The number of pyridine rings is 1. The molecule has 0 radical (unpaired) electrons.